The Hall–Kier alpha value is -2.27. The summed E-state index contributed by atoms with van der Waals surface area (Å²) in [5.74, 6) is 0.138. The molecule has 6 heteroatoms. The van der Waals surface area contributed by atoms with Gasteiger partial charge in [-0.3, -0.25) is 0 Å². The third-order valence-corrected chi connectivity index (χ3v) is 3.42. The molecule has 0 aliphatic heterocycles. The van der Waals surface area contributed by atoms with E-state index < -0.39 is 11.8 Å². The van der Waals surface area contributed by atoms with Gasteiger partial charge in [-0.25, -0.2) is 9.18 Å². The summed E-state index contributed by atoms with van der Waals surface area (Å²) in [7, 11) is 0. The maximum Gasteiger partial charge on any atom is 0.321 e. The minimum atomic E-state index is -0.536. The molecule has 0 atom stereocenters. The molecule has 2 rings (SSSR count). The van der Waals surface area contributed by atoms with E-state index in [1.807, 2.05) is 32.0 Å². The van der Waals surface area contributed by atoms with E-state index in [1.54, 1.807) is 0 Å². The standard InChI is InChI=1S/C16H16ClFN2O2/c1-10-3-5-13(7-11(10)2)22-9-19-16(21)20-12-4-6-15(18)14(17)8-12/h3-8H,9H2,1-2H3,(H2,19,20,21). The topological polar surface area (TPSA) is 50.4 Å². The molecule has 0 unspecified atom stereocenters. The molecule has 2 aromatic carbocycles. The summed E-state index contributed by atoms with van der Waals surface area (Å²) < 4.78 is 18.4. The number of aryl methyl sites for hydroxylation is 2. The van der Waals surface area contributed by atoms with Gasteiger partial charge in [-0.05, 0) is 55.3 Å². The third-order valence-electron chi connectivity index (χ3n) is 3.13. The Morgan fingerprint density at radius 3 is 2.64 bits per heavy atom. The molecule has 2 amide bonds. The van der Waals surface area contributed by atoms with Crippen LogP contribution in [0.15, 0.2) is 36.4 Å². The van der Waals surface area contributed by atoms with E-state index in [0.717, 1.165) is 5.56 Å². The van der Waals surface area contributed by atoms with Crippen LogP contribution in [-0.2, 0) is 0 Å². The van der Waals surface area contributed by atoms with Crippen molar-refractivity contribution in [1.82, 2.24) is 5.32 Å². The van der Waals surface area contributed by atoms with Crippen LogP contribution >= 0.6 is 11.6 Å². The van der Waals surface area contributed by atoms with E-state index in [2.05, 4.69) is 10.6 Å². The third kappa shape index (κ3) is 4.36. The minimum Gasteiger partial charge on any atom is -0.473 e. The number of carbonyl (C=O) groups is 1. The first-order valence-corrected chi connectivity index (χ1v) is 7.03. The highest BCUT2D eigenvalue weighted by molar-refractivity contribution is 6.31. The van der Waals surface area contributed by atoms with Crippen LogP contribution < -0.4 is 15.4 Å². The van der Waals surface area contributed by atoms with E-state index in [0.29, 0.717) is 11.4 Å². The number of benzene rings is 2. The molecule has 0 saturated heterocycles. The van der Waals surface area contributed by atoms with Gasteiger partial charge in [-0.15, -0.1) is 0 Å². The summed E-state index contributed by atoms with van der Waals surface area (Å²) >= 11 is 5.64. The van der Waals surface area contributed by atoms with Crippen LogP contribution in [0.2, 0.25) is 5.02 Å². The Labute approximate surface area is 133 Å². The number of hydrogen-bond donors (Lipinski definition) is 2. The van der Waals surface area contributed by atoms with Crippen molar-refractivity contribution < 1.29 is 13.9 Å². The minimum absolute atomic E-state index is 0.0171. The van der Waals surface area contributed by atoms with Crippen LogP contribution in [0.5, 0.6) is 5.75 Å². The van der Waals surface area contributed by atoms with Crippen LogP contribution in [0.3, 0.4) is 0 Å². The highest BCUT2D eigenvalue weighted by Crippen LogP contribution is 2.19. The highest BCUT2D eigenvalue weighted by Gasteiger charge is 2.05. The molecular formula is C16H16ClFN2O2. The number of hydrogen-bond acceptors (Lipinski definition) is 2. The molecule has 0 spiro atoms. The Balaban J connectivity index is 1.82. The molecule has 0 heterocycles. The summed E-state index contributed by atoms with van der Waals surface area (Å²) in [6.07, 6.45) is 0. The predicted molar refractivity (Wildman–Crippen MR) is 85.0 cm³/mol. The summed E-state index contributed by atoms with van der Waals surface area (Å²) in [5.41, 5.74) is 2.68. The van der Waals surface area contributed by atoms with E-state index in [4.69, 9.17) is 16.3 Å². The van der Waals surface area contributed by atoms with Gasteiger partial charge in [0.1, 0.15) is 11.6 Å². The molecule has 0 fully saturated rings. The Morgan fingerprint density at radius 1 is 1.18 bits per heavy atom. The molecule has 22 heavy (non-hydrogen) atoms. The Kier molecular flexibility index (Phi) is 5.22. The fourth-order valence-corrected chi connectivity index (χ4v) is 1.92. The van der Waals surface area contributed by atoms with Crippen LogP contribution in [0.25, 0.3) is 0 Å². The predicted octanol–water partition coefficient (Wildman–Crippen LogP) is 4.25. The van der Waals surface area contributed by atoms with Gasteiger partial charge in [-0.2, -0.15) is 0 Å². The molecule has 0 aliphatic carbocycles. The fourth-order valence-electron chi connectivity index (χ4n) is 1.74. The fraction of sp³-hybridized carbons (Fsp3) is 0.188. The van der Waals surface area contributed by atoms with Crippen molar-refractivity contribution >= 4 is 23.3 Å². The number of nitrogens with one attached hydrogen (secondary N) is 2. The van der Waals surface area contributed by atoms with Crippen molar-refractivity contribution in [2.75, 3.05) is 12.0 Å². The van der Waals surface area contributed by atoms with E-state index in [-0.39, 0.29) is 11.8 Å². The maximum absolute atomic E-state index is 13.0. The second-order valence-electron chi connectivity index (χ2n) is 4.79. The second-order valence-corrected chi connectivity index (χ2v) is 5.20. The molecule has 0 saturated carbocycles. The molecule has 116 valence electrons. The van der Waals surface area contributed by atoms with E-state index in [1.165, 1.54) is 23.8 Å². The van der Waals surface area contributed by atoms with Crippen LogP contribution in [-0.4, -0.2) is 12.8 Å². The lowest BCUT2D eigenvalue weighted by Crippen LogP contribution is -2.32. The lowest BCUT2D eigenvalue weighted by Gasteiger charge is -2.10. The molecule has 0 radical (unpaired) electrons. The van der Waals surface area contributed by atoms with E-state index in [9.17, 15) is 9.18 Å². The molecule has 4 nitrogen and oxygen atoms in total. The smallest absolute Gasteiger partial charge is 0.321 e. The number of ether oxygens (including phenoxy) is 1. The Morgan fingerprint density at radius 2 is 1.95 bits per heavy atom. The van der Waals surface area contributed by atoms with E-state index >= 15 is 0 Å². The van der Waals surface area contributed by atoms with Gasteiger partial charge >= 0.3 is 6.03 Å². The number of amides is 2. The van der Waals surface area contributed by atoms with Gasteiger partial charge in [0, 0.05) is 5.69 Å². The van der Waals surface area contributed by atoms with Crippen LogP contribution in [0.1, 0.15) is 11.1 Å². The Bertz CT molecular complexity index is 692. The van der Waals surface area contributed by atoms with Gasteiger partial charge in [-0.1, -0.05) is 17.7 Å². The van der Waals surface area contributed by atoms with Crippen molar-refractivity contribution in [3.8, 4) is 5.75 Å². The number of anilines is 1. The molecule has 0 bridgehead atoms. The lowest BCUT2D eigenvalue weighted by atomic mass is 10.1. The number of urea groups is 1. The number of rotatable bonds is 4. The van der Waals surface area contributed by atoms with Gasteiger partial charge in [0.15, 0.2) is 6.73 Å². The van der Waals surface area contributed by atoms with Crippen molar-refractivity contribution in [2.24, 2.45) is 0 Å². The summed E-state index contributed by atoms with van der Waals surface area (Å²) in [4.78, 5) is 11.7. The zero-order valence-electron chi connectivity index (χ0n) is 12.2. The molecule has 0 aromatic heterocycles. The lowest BCUT2D eigenvalue weighted by molar-refractivity contribution is 0.234. The average Bonchev–Trinajstić information content (AvgIpc) is 2.47. The molecule has 0 aliphatic rings. The zero-order valence-corrected chi connectivity index (χ0v) is 13.0. The quantitative estimate of drug-likeness (QED) is 0.827. The first-order chi connectivity index (χ1) is 10.5. The highest BCUT2D eigenvalue weighted by atomic mass is 35.5. The normalized spacial score (nSPS) is 10.2. The van der Waals surface area contributed by atoms with Gasteiger partial charge in [0.05, 0.1) is 5.02 Å². The monoisotopic (exact) mass is 322 g/mol. The second kappa shape index (κ2) is 7.13. The maximum atomic E-state index is 13.0. The van der Waals surface area contributed by atoms with Crippen LogP contribution in [0.4, 0.5) is 14.9 Å². The molecule has 2 aromatic rings. The number of halogens is 2. The largest absolute Gasteiger partial charge is 0.473 e. The molecule has 2 N–H and O–H groups in total. The summed E-state index contributed by atoms with van der Waals surface area (Å²) in [6.45, 7) is 4.02. The first-order valence-electron chi connectivity index (χ1n) is 6.65. The van der Waals surface area contributed by atoms with Gasteiger partial charge in [0.2, 0.25) is 0 Å². The zero-order chi connectivity index (χ0) is 16.1. The van der Waals surface area contributed by atoms with Gasteiger partial charge < -0.3 is 15.4 Å². The molecular weight excluding hydrogens is 307 g/mol. The summed E-state index contributed by atoms with van der Waals surface area (Å²) in [6, 6.07) is 9.16. The van der Waals surface area contributed by atoms with Crippen molar-refractivity contribution in [3.05, 3.63) is 58.4 Å². The first kappa shape index (κ1) is 16.1. The van der Waals surface area contributed by atoms with Crippen LogP contribution in [0, 0.1) is 19.7 Å². The average molecular weight is 323 g/mol. The summed E-state index contributed by atoms with van der Waals surface area (Å²) in [5, 5.41) is 5.02. The SMILES string of the molecule is Cc1ccc(OCNC(=O)Nc2ccc(F)c(Cl)c2)cc1C. The van der Waals surface area contributed by atoms with Gasteiger partial charge in [0.25, 0.3) is 0 Å². The van der Waals surface area contributed by atoms with Crippen molar-refractivity contribution in [2.45, 2.75) is 13.8 Å². The van der Waals surface area contributed by atoms with Crippen molar-refractivity contribution in [3.63, 3.8) is 0 Å². The van der Waals surface area contributed by atoms with Crippen molar-refractivity contribution in [1.29, 1.82) is 0 Å². The number of carbonyl (C=O) groups excluding carboxylic acids is 1.